The molecule has 1 spiro atoms. The lowest BCUT2D eigenvalue weighted by molar-refractivity contribution is -0.155. The van der Waals surface area contributed by atoms with E-state index in [1.54, 1.807) is 16.7 Å². The van der Waals surface area contributed by atoms with Crippen molar-refractivity contribution in [2.45, 2.75) is 76.7 Å². The average Bonchev–Trinajstić information content (AvgIpc) is 3.28. The van der Waals surface area contributed by atoms with Gasteiger partial charge in [0.05, 0.1) is 36.7 Å². The van der Waals surface area contributed by atoms with Crippen LogP contribution in [0.15, 0.2) is 48.6 Å². The first-order valence-corrected chi connectivity index (χ1v) is 15.1. The van der Waals surface area contributed by atoms with Gasteiger partial charge in [0.25, 0.3) is 0 Å². The molecule has 4 aliphatic heterocycles. The standard InChI is InChI=1S/C32H43N3O6/c1-5-8-9-18-33-19-11-17-32-26(29(38)35(22(4)21-36)27(32)30(33)39)25-28(37)34(20-10-16-31(25,6-2)41-32)23-12-14-24(15-13-23)40-7-3/h10-17,22,25-27,36H,5-9,18-21H2,1-4H3/t22-,25-,26+,27?,31+,32+/m1/s1. The van der Waals surface area contributed by atoms with Gasteiger partial charge in [0.2, 0.25) is 17.7 Å². The Bertz CT molecular complexity index is 1210. The van der Waals surface area contributed by atoms with Gasteiger partial charge in [-0.1, -0.05) is 51.0 Å². The third-order valence-corrected chi connectivity index (χ3v) is 9.19. The van der Waals surface area contributed by atoms with Crippen molar-refractivity contribution in [3.05, 3.63) is 48.6 Å². The van der Waals surface area contributed by atoms with E-state index in [2.05, 4.69) is 6.92 Å². The molecule has 222 valence electrons. The number of aliphatic hydroxyl groups is 1. The number of carbonyl (C=O) groups is 3. The number of nitrogens with zero attached hydrogens (tertiary/aromatic N) is 3. The SMILES string of the molecule is CCCCCN1CC=C[C@]23O[C@@]4(CC)C=CCN(c5ccc(OCC)cc5)C(=O)[C@H]4[C@H]2C(=O)N([C@H](C)CO)C3C1=O. The van der Waals surface area contributed by atoms with Crippen LogP contribution in [0, 0.1) is 11.8 Å². The van der Waals surface area contributed by atoms with E-state index in [1.165, 1.54) is 4.90 Å². The Hall–Kier alpha value is -3.17. The number of likely N-dealkylation sites (tertiary alicyclic amines) is 1. The molecule has 9 nitrogen and oxygen atoms in total. The molecule has 0 aliphatic carbocycles. The molecule has 1 aromatic rings. The Kier molecular flexibility index (Phi) is 8.30. The lowest BCUT2D eigenvalue weighted by atomic mass is 9.73. The fourth-order valence-corrected chi connectivity index (χ4v) is 7.18. The molecule has 3 amide bonds. The van der Waals surface area contributed by atoms with Crippen molar-refractivity contribution in [2.24, 2.45) is 11.8 Å². The fourth-order valence-electron chi connectivity index (χ4n) is 7.18. The van der Waals surface area contributed by atoms with Gasteiger partial charge in [-0.3, -0.25) is 14.4 Å². The molecule has 4 heterocycles. The van der Waals surface area contributed by atoms with E-state index in [-0.39, 0.29) is 24.3 Å². The van der Waals surface area contributed by atoms with E-state index >= 15 is 0 Å². The zero-order chi connectivity index (χ0) is 29.4. The highest BCUT2D eigenvalue weighted by atomic mass is 16.5. The largest absolute Gasteiger partial charge is 0.494 e. The predicted molar refractivity (Wildman–Crippen MR) is 155 cm³/mol. The first-order valence-electron chi connectivity index (χ1n) is 15.1. The van der Waals surface area contributed by atoms with Gasteiger partial charge in [-0.15, -0.1) is 0 Å². The number of amides is 3. The highest BCUT2D eigenvalue weighted by Crippen LogP contribution is 2.59. The summed E-state index contributed by atoms with van der Waals surface area (Å²) >= 11 is 0. The second-order valence-corrected chi connectivity index (χ2v) is 11.6. The molecule has 0 saturated carbocycles. The molecule has 41 heavy (non-hydrogen) atoms. The third-order valence-electron chi connectivity index (χ3n) is 9.19. The summed E-state index contributed by atoms with van der Waals surface area (Å²) in [5, 5.41) is 10.2. The zero-order valence-corrected chi connectivity index (χ0v) is 24.6. The van der Waals surface area contributed by atoms with Crippen molar-refractivity contribution in [1.82, 2.24) is 9.80 Å². The zero-order valence-electron chi connectivity index (χ0n) is 24.6. The van der Waals surface area contributed by atoms with Gasteiger partial charge >= 0.3 is 0 Å². The topological polar surface area (TPSA) is 99.6 Å². The summed E-state index contributed by atoms with van der Waals surface area (Å²) in [7, 11) is 0. The van der Waals surface area contributed by atoms with Gasteiger partial charge in [-0.25, -0.2) is 0 Å². The maximum absolute atomic E-state index is 14.5. The van der Waals surface area contributed by atoms with Crippen LogP contribution < -0.4 is 9.64 Å². The van der Waals surface area contributed by atoms with Crippen LogP contribution >= 0.6 is 0 Å². The van der Waals surface area contributed by atoms with Crippen LogP contribution in [-0.4, -0.2) is 88.8 Å². The van der Waals surface area contributed by atoms with Crippen LogP contribution in [0.3, 0.4) is 0 Å². The smallest absolute Gasteiger partial charge is 0.249 e. The average molecular weight is 566 g/mol. The number of ether oxygens (including phenoxy) is 2. The number of anilines is 1. The minimum atomic E-state index is -1.32. The molecular weight excluding hydrogens is 522 g/mol. The minimum Gasteiger partial charge on any atom is -0.494 e. The van der Waals surface area contributed by atoms with Crippen LogP contribution in [0.5, 0.6) is 5.75 Å². The van der Waals surface area contributed by atoms with Crippen LogP contribution in [0.25, 0.3) is 0 Å². The molecule has 0 aromatic heterocycles. The summed E-state index contributed by atoms with van der Waals surface area (Å²) in [6.07, 6.45) is 11.0. The first-order chi connectivity index (χ1) is 19.8. The Morgan fingerprint density at radius 2 is 1.71 bits per heavy atom. The van der Waals surface area contributed by atoms with Crippen molar-refractivity contribution in [2.75, 3.05) is 37.7 Å². The van der Waals surface area contributed by atoms with Gasteiger partial charge in [-0.05, 0) is 51.0 Å². The van der Waals surface area contributed by atoms with Gasteiger partial charge in [0, 0.05) is 25.3 Å². The van der Waals surface area contributed by atoms with Crippen molar-refractivity contribution in [3.63, 3.8) is 0 Å². The second kappa shape index (κ2) is 11.6. The minimum absolute atomic E-state index is 0.190. The number of fused-ring (bicyclic) bond motifs is 2. The third kappa shape index (κ3) is 4.67. The summed E-state index contributed by atoms with van der Waals surface area (Å²) in [5.74, 6) is -1.75. The summed E-state index contributed by atoms with van der Waals surface area (Å²) in [6.45, 7) is 9.31. The Balaban J connectivity index is 1.59. The van der Waals surface area contributed by atoms with E-state index in [1.807, 2.05) is 62.4 Å². The quantitative estimate of drug-likeness (QED) is 0.345. The Morgan fingerprint density at radius 1 is 0.976 bits per heavy atom. The van der Waals surface area contributed by atoms with E-state index in [4.69, 9.17) is 9.47 Å². The monoisotopic (exact) mass is 565 g/mol. The lowest BCUT2D eigenvalue weighted by Gasteiger charge is -2.40. The molecule has 1 aromatic carbocycles. The van der Waals surface area contributed by atoms with Crippen molar-refractivity contribution in [1.29, 1.82) is 0 Å². The second-order valence-electron chi connectivity index (χ2n) is 11.6. The number of hydrogen-bond acceptors (Lipinski definition) is 6. The van der Waals surface area contributed by atoms with Crippen LogP contribution in [0.4, 0.5) is 5.69 Å². The number of aliphatic hydroxyl groups excluding tert-OH is 1. The van der Waals surface area contributed by atoms with Crippen LogP contribution in [-0.2, 0) is 19.1 Å². The molecule has 0 radical (unpaired) electrons. The van der Waals surface area contributed by atoms with Gasteiger partial charge in [0.1, 0.15) is 17.4 Å². The van der Waals surface area contributed by atoms with Crippen molar-refractivity contribution >= 4 is 23.4 Å². The molecule has 4 aliphatic rings. The van der Waals surface area contributed by atoms with Crippen LogP contribution in [0.2, 0.25) is 0 Å². The highest BCUT2D eigenvalue weighted by Gasteiger charge is 2.75. The predicted octanol–water partition coefficient (Wildman–Crippen LogP) is 3.32. The normalized spacial score (nSPS) is 31.6. The number of unbranched alkanes of at least 4 members (excludes halogenated alkanes) is 2. The number of benzene rings is 1. The number of rotatable bonds is 10. The molecule has 6 atom stereocenters. The van der Waals surface area contributed by atoms with E-state index in [0.29, 0.717) is 44.1 Å². The van der Waals surface area contributed by atoms with Gasteiger partial charge in [0.15, 0.2) is 0 Å². The molecular formula is C32H43N3O6. The van der Waals surface area contributed by atoms with Gasteiger partial charge < -0.3 is 29.3 Å². The fraction of sp³-hybridized carbons (Fsp3) is 0.594. The summed E-state index contributed by atoms with van der Waals surface area (Å²) < 4.78 is 12.6. The van der Waals surface area contributed by atoms with Crippen molar-refractivity contribution in [3.8, 4) is 5.75 Å². The molecule has 9 heteroatoms. The van der Waals surface area contributed by atoms with Crippen LogP contribution in [0.1, 0.15) is 53.4 Å². The van der Waals surface area contributed by atoms with Gasteiger partial charge in [-0.2, -0.15) is 0 Å². The van der Waals surface area contributed by atoms with E-state index in [9.17, 15) is 19.5 Å². The van der Waals surface area contributed by atoms with Crippen molar-refractivity contribution < 1.29 is 29.0 Å². The Labute approximate surface area is 242 Å². The number of hydrogen-bond donors (Lipinski definition) is 1. The Morgan fingerprint density at radius 3 is 2.37 bits per heavy atom. The lowest BCUT2D eigenvalue weighted by Crippen LogP contribution is -2.58. The summed E-state index contributed by atoms with van der Waals surface area (Å²) in [5.41, 5.74) is -1.67. The molecule has 2 saturated heterocycles. The molecule has 0 bridgehead atoms. The maximum atomic E-state index is 14.5. The molecule has 1 unspecified atom stereocenters. The molecule has 5 rings (SSSR count). The maximum Gasteiger partial charge on any atom is 0.249 e. The molecule has 2 fully saturated rings. The van der Waals surface area contributed by atoms with E-state index in [0.717, 1.165) is 19.3 Å². The van der Waals surface area contributed by atoms with E-state index < -0.39 is 35.1 Å². The summed E-state index contributed by atoms with van der Waals surface area (Å²) in [6, 6.07) is 5.80. The molecule has 1 N–H and O–H groups in total. The number of carbonyl (C=O) groups excluding carboxylic acids is 3. The first kappa shape index (κ1) is 29.3. The highest BCUT2D eigenvalue weighted by molar-refractivity contribution is 6.04. The summed E-state index contributed by atoms with van der Waals surface area (Å²) in [4.78, 5) is 48.2.